The van der Waals surface area contributed by atoms with Crippen molar-refractivity contribution in [1.82, 2.24) is 4.57 Å². The molecule has 6 rings (SSSR count). The number of piperidine rings is 1. The van der Waals surface area contributed by atoms with Gasteiger partial charge in [-0.3, -0.25) is 14.4 Å². The summed E-state index contributed by atoms with van der Waals surface area (Å²) in [6.45, 7) is 2.03. The number of carbonyl (C=O) groups is 2. The molecule has 3 aromatic carbocycles. The first-order chi connectivity index (χ1) is 20.3. The topological polar surface area (TPSA) is 92.7 Å². The number of carbonyl (C=O) groups excluding carboxylic acids is 2. The summed E-state index contributed by atoms with van der Waals surface area (Å²) in [5.41, 5.74) is 3.53. The van der Waals surface area contributed by atoms with Crippen LogP contribution in [0.5, 0.6) is 5.75 Å². The number of fused-ring (bicyclic) bond motifs is 4. The van der Waals surface area contributed by atoms with Crippen molar-refractivity contribution in [2.75, 3.05) is 35.7 Å². The van der Waals surface area contributed by atoms with Crippen molar-refractivity contribution in [2.24, 2.45) is 5.92 Å². The van der Waals surface area contributed by atoms with Gasteiger partial charge in [0.1, 0.15) is 5.75 Å². The largest absolute Gasteiger partial charge is 0.495 e. The van der Waals surface area contributed by atoms with E-state index in [0.29, 0.717) is 57.9 Å². The monoisotopic (exact) mass is 602 g/mol. The maximum atomic E-state index is 13.4. The number of hydrogen-bond acceptors (Lipinski definition) is 5. The summed E-state index contributed by atoms with van der Waals surface area (Å²) in [5, 5.41) is 6.57. The number of benzene rings is 3. The van der Waals surface area contributed by atoms with E-state index in [9.17, 15) is 14.4 Å². The van der Waals surface area contributed by atoms with E-state index in [-0.39, 0.29) is 29.2 Å². The van der Waals surface area contributed by atoms with E-state index >= 15 is 0 Å². The molecule has 8 nitrogen and oxygen atoms in total. The van der Waals surface area contributed by atoms with Crippen LogP contribution >= 0.6 is 23.2 Å². The molecule has 42 heavy (non-hydrogen) atoms. The maximum Gasteiger partial charge on any atom is 0.257 e. The fourth-order valence-electron chi connectivity index (χ4n) is 5.93. The molecule has 2 N–H and O–H groups in total. The van der Waals surface area contributed by atoms with E-state index in [1.54, 1.807) is 60.7 Å². The Morgan fingerprint density at radius 1 is 0.857 bits per heavy atom. The van der Waals surface area contributed by atoms with Gasteiger partial charge in [-0.15, -0.1) is 0 Å². The first kappa shape index (κ1) is 27.9. The molecule has 2 amide bonds. The van der Waals surface area contributed by atoms with Crippen LogP contribution in [0.15, 0.2) is 83.7 Å². The molecule has 1 saturated heterocycles. The molecule has 0 spiro atoms. The number of amides is 2. The zero-order valence-electron chi connectivity index (χ0n) is 22.8. The summed E-state index contributed by atoms with van der Waals surface area (Å²) >= 11 is 12.6. The molecule has 0 aliphatic carbocycles. The van der Waals surface area contributed by atoms with Crippen LogP contribution in [0, 0.1) is 5.92 Å². The average molecular weight is 604 g/mol. The van der Waals surface area contributed by atoms with Crippen molar-refractivity contribution >= 4 is 52.1 Å². The summed E-state index contributed by atoms with van der Waals surface area (Å²) in [5.74, 6) is 0.199. The highest BCUT2D eigenvalue weighted by atomic mass is 35.5. The molecule has 4 aromatic rings. The number of halogens is 2. The number of pyridine rings is 1. The van der Waals surface area contributed by atoms with E-state index in [4.69, 9.17) is 27.9 Å². The van der Waals surface area contributed by atoms with Crippen LogP contribution in [0.25, 0.3) is 0 Å². The first-order valence-corrected chi connectivity index (χ1v) is 14.4. The van der Waals surface area contributed by atoms with Crippen molar-refractivity contribution in [3.05, 3.63) is 116 Å². The number of nitrogens with one attached hydrogen (secondary N) is 2. The highest BCUT2D eigenvalue weighted by Crippen LogP contribution is 2.39. The molecule has 0 radical (unpaired) electrons. The SMILES string of the molecule is COc1ccc(NC(=O)c2ccc(N3CC4CC(C3)c3cccc(=O)n3C4)c(NC(=O)c3ccccc3Cl)c2)cc1Cl. The zero-order valence-corrected chi connectivity index (χ0v) is 24.3. The smallest absolute Gasteiger partial charge is 0.257 e. The molecule has 2 aliphatic heterocycles. The van der Waals surface area contributed by atoms with Crippen LogP contribution < -0.4 is 25.8 Å². The van der Waals surface area contributed by atoms with Gasteiger partial charge in [0.15, 0.2) is 0 Å². The Kier molecular flexibility index (Phi) is 7.66. The average Bonchev–Trinajstić information content (AvgIpc) is 2.98. The molecule has 2 atom stereocenters. The van der Waals surface area contributed by atoms with Crippen molar-refractivity contribution in [3.8, 4) is 5.75 Å². The van der Waals surface area contributed by atoms with Gasteiger partial charge in [-0.2, -0.15) is 0 Å². The molecule has 1 aromatic heterocycles. The minimum Gasteiger partial charge on any atom is -0.495 e. The predicted molar refractivity (Wildman–Crippen MR) is 166 cm³/mol. The lowest BCUT2D eigenvalue weighted by molar-refractivity contribution is 0.101. The van der Waals surface area contributed by atoms with E-state index in [0.717, 1.165) is 17.8 Å². The normalized spacial score (nSPS) is 17.3. The number of hydrogen-bond donors (Lipinski definition) is 2. The standard InChI is InChI=1S/C32H28Cl2N4O4/c1-42-29-12-10-22(15-25(29)34)35-31(40)20-9-11-28(26(14-20)36-32(41)23-5-2-3-6-24(23)33)37-16-19-13-21(18-37)27-7-4-8-30(39)38(27)17-19/h2-12,14-15,19,21H,13,16-18H2,1H3,(H,35,40)(H,36,41). The molecule has 10 heteroatoms. The number of aromatic nitrogens is 1. The van der Waals surface area contributed by atoms with Gasteiger partial charge >= 0.3 is 0 Å². The summed E-state index contributed by atoms with van der Waals surface area (Å²) in [6, 6.07) is 22.5. The third-order valence-corrected chi connectivity index (χ3v) is 8.48. The van der Waals surface area contributed by atoms with Crippen LogP contribution in [-0.2, 0) is 6.54 Å². The number of nitrogens with zero attached hydrogens (tertiary/aromatic N) is 2. The van der Waals surface area contributed by atoms with Gasteiger partial charge in [0, 0.05) is 48.6 Å². The Morgan fingerprint density at radius 3 is 2.48 bits per heavy atom. The Hall–Kier alpha value is -4.27. The number of rotatable bonds is 6. The van der Waals surface area contributed by atoms with Gasteiger partial charge in [0.2, 0.25) is 0 Å². The third kappa shape index (κ3) is 5.47. The Labute approximate surface area is 252 Å². The predicted octanol–water partition coefficient (Wildman–Crippen LogP) is 6.29. The van der Waals surface area contributed by atoms with Crippen LogP contribution in [0.2, 0.25) is 10.0 Å². The summed E-state index contributed by atoms with van der Waals surface area (Å²) < 4.78 is 7.08. The molecule has 2 unspecified atom stereocenters. The molecule has 0 saturated carbocycles. The summed E-state index contributed by atoms with van der Waals surface area (Å²) in [7, 11) is 1.52. The molecule has 2 aliphatic rings. The highest BCUT2D eigenvalue weighted by Gasteiger charge is 2.35. The second-order valence-corrected chi connectivity index (χ2v) is 11.4. The van der Waals surface area contributed by atoms with Crippen molar-refractivity contribution in [2.45, 2.75) is 18.9 Å². The fraction of sp³-hybridized carbons (Fsp3) is 0.219. The Bertz CT molecular complexity index is 1750. The van der Waals surface area contributed by atoms with Gasteiger partial charge in [0.05, 0.1) is 34.1 Å². The second kappa shape index (κ2) is 11.5. The maximum absolute atomic E-state index is 13.4. The lowest BCUT2D eigenvalue weighted by Crippen LogP contribution is -2.47. The molecule has 3 heterocycles. The lowest BCUT2D eigenvalue weighted by atomic mass is 9.83. The summed E-state index contributed by atoms with van der Waals surface area (Å²) in [6.07, 6.45) is 0.992. The molecule has 1 fully saturated rings. The van der Waals surface area contributed by atoms with Gasteiger partial charge in [-0.25, -0.2) is 0 Å². The van der Waals surface area contributed by atoms with Crippen LogP contribution in [0.3, 0.4) is 0 Å². The van der Waals surface area contributed by atoms with Crippen LogP contribution in [0.1, 0.15) is 38.7 Å². The number of anilines is 3. The van der Waals surface area contributed by atoms with Crippen molar-refractivity contribution in [1.29, 1.82) is 0 Å². The van der Waals surface area contributed by atoms with Gasteiger partial charge < -0.3 is 24.8 Å². The van der Waals surface area contributed by atoms with Gasteiger partial charge in [0.25, 0.3) is 17.4 Å². The number of ether oxygens (including phenoxy) is 1. The van der Waals surface area contributed by atoms with E-state index in [2.05, 4.69) is 15.5 Å². The van der Waals surface area contributed by atoms with Gasteiger partial charge in [-0.1, -0.05) is 41.4 Å². The van der Waals surface area contributed by atoms with Crippen LogP contribution in [0.4, 0.5) is 17.1 Å². The summed E-state index contributed by atoms with van der Waals surface area (Å²) in [4.78, 5) is 41.4. The minimum atomic E-state index is -0.379. The van der Waals surface area contributed by atoms with Crippen LogP contribution in [-0.4, -0.2) is 36.6 Å². The van der Waals surface area contributed by atoms with Crippen molar-refractivity contribution in [3.63, 3.8) is 0 Å². The third-order valence-electron chi connectivity index (χ3n) is 7.86. The van der Waals surface area contributed by atoms with E-state index < -0.39 is 0 Å². The Balaban J connectivity index is 1.33. The molecular formula is C32H28Cl2N4O4. The Morgan fingerprint density at radius 2 is 1.69 bits per heavy atom. The molecule has 2 bridgehead atoms. The quantitative estimate of drug-likeness (QED) is 0.270. The molecule has 214 valence electrons. The van der Waals surface area contributed by atoms with E-state index in [1.165, 1.54) is 7.11 Å². The van der Waals surface area contributed by atoms with E-state index in [1.807, 2.05) is 22.8 Å². The molecular weight excluding hydrogens is 575 g/mol. The first-order valence-electron chi connectivity index (χ1n) is 13.6. The zero-order chi connectivity index (χ0) is 29.4. The lowest BCUT2D eigenvalue weighted by Gasteiger charge is -2.44. The van der Waals surface area contributed by atoms with Gasteiger partial charge in [-0.05, 0) is 66.9 Å². The number of methoxy groups -OCH3 is 1. The highest BCUT2D eigenvalue weighted by molar-refractivity contribution is 6.34. The fourth-order valence-corrected chi connectivity index (χ4v) is 6.41. The second-order valence-electron chi connectivity index (χ2n) is 10.6. The minimum absolute atomic E-state index is 0.0249. The van der Waals surface area contributed by atoms with Crippen molar-refractivity contribution < 1.29 is 14.3 Å².